The monoisotopic (exact) mass is 432 g/mol. The van der Waals surface area contributed by atoms with Gasteiger partial charge in [0.1, 0.15) is 0 Å². The van der Waals surface area contributed by atoms with E-state index in [0.717, 1.165) is 38.1 Å². The van der Waals surface area contributed by atoms with Gasteiger partial charge in [-0.25, -0.2) is 4.98 Å². The molecule has 168 valence electrons. The maximum Gasteiger partial charge on any atom is 0.191 e. The van der Waals surface area contributed by atoms with Gasteiger partial charge in [-0.2, -0.15) is 0 Å². The van der Waals surface area contributed by atoms with Crippen molar-refractivity contribution >= 4 is 17.3 Å². The molecule has 7 heteroatoms. The minimum absolute atomic E-state index is 0.575. The summed E-state index contributed by atoms with van der Waals surface area (Å²) in [6.45, 7) is 12.1. The summed E-state index contributed by atoms with van der Waals surface area (Å²) < 4.78 is 0. The third-order valence-corrected chi connectivity index (χ3v) is 7.82. The Labute approximate surface area is 186 Å². The molecule has 0 bridgehead atoms. The third-order valence-electron chi connectivity index (χ3n) is 6.78. The van der Waals surface area contributed by atoms with Crippen LogP contribution in [0.2, 0.25) is 0 Å². The maximum absolute atomic E-state index is 4.97. The van der Waals surface area contributed by atoms with E-state index in [4.69, 9.17) is 9.98 Å². The fraction of sp³-hybridized carbons (Fsp3) is 0.826. The van der Waals surface area contributed by atoms with Crippen LogP contribution in [-0.4, -0.2) is 72.1 Å². The number of thiazole rings is 1. The van der Waals surface area contributed by atoms with Crippen molar-refractivity contribution in [2.45, 2.75) is 77.4 Å². The van der Waals surface area contributed by atoms with Crippen molar-refractivity contribution in [1.29, 1.82) is 0 Å². The first-order chi connectivity index (χ1) is 14.7. The molecule has 0 aromatic carbocycles. The van der Waals surface area contributed by atoms with Crippen molar-refractivity contribution in [2.75, 3.05) is 39.3 Å². The Hall–Kier alpha value is -1.18. The number of guanidine groups is 1. The number of aryl methyl sites for hydroxylation is 1. The van der Waals surface area contributed by atoms with Gasteiger partial charge in [-0.3, -0.25) is 9.89 Å². The van der Waals surface area contributed by atoms with Gasteiger partial charge in [0.15, 0.2) is 5.96 Å². The van der Waals surface area contributed by atoms with Crippen molar-refractivity contribution < 1.29 is 0 Å². The van der Waals surface area contributed by atoms with Crippen LogP contribution in [-0.2, 0) is 13.0 Å². The SMILES string of the molecule is CCNC(=NCC1CCN(Cc2csc(CC)n2)CC1)NC1CCN(C2CC2)CC1. The molecule has 0 unspecified atom stereocenters. The van der Waals surface area contributed by atoms with Crippen LogP contribution in [0.25, 0.3) is 0 Å². The van der Waals surface area contributed by atoms with E-state index >= 15 is 0 Å². The Morgan fingerprint density at radius 1 is 1.10 bits per heavy atom. The number of nitrogens with one attached hydrogen (secondary N) is 2. The highest BCUT2D eigenvalue weighted by Crippen LogP contribution is 2.29. The molecule has 6 nitrogen and oxygen atoms in total. The van der Waals surface area contributed by atoms with E-state index < -0.39 is 0 Å². The average molecular weight is 433 g/mol. The van der Waals surface area contributed by atoms with Gasteiger partial charge in [0.25, 0.3) is 0 Å². The van der Waals surface area contributed by atoms with Gasteiger partial charge in [-0.05, 0) is 70.9 Å². The summed E-state index contributed by atoms with van der Waals surface area (Å²) in [5.74, 6) is 1.73. The van der Waals surface area contributed by atoms with Crippen LogP contribution in [0.5, 0.6) is 0 Å². The molecule has 4 rings (SSSR count). The zero-order chi connectivity index (χ0) is 20.8. The molecule has 0 radical (unpaired) electrons. The summed E-state index contributed by atoms with van der Waals surface area (Å²) >= 11 is 1.80. The van der Waals surface area contributed by atoms with Gasteiger partial charge in [-0.15, -0.1) is 11.3 Å². The van der Waals surface area contributed by atoms with Crippen LogP contribution in [0.1, 0.15) is 63.1 Å². The summed E-state index contributed by atoms with van der Waals surface area (Å²) in [7, 11) is 0. The van der Waals surface area contributed by atoms with E-state index in [1.807, 2.05) is 0 Å². The van der Waals surface area contributed by atoms with E-state index in [0.29, 0.717) is 12.0 Å². The number of nitrogens with zero attached hydrogens (tertiary/aromatic N) is 4. The summed E-state index contributed by atoms with van der Waals surface area (Å²) in [6.07, 6.45) is 8.87. The predicted octanol–water partition coefficient (Wildman–Crippen LogP) is 3.10. The minimum Gasteiger partial charge on any atom is -0.357 e. The van der Waals surface area contributed by atoms with E-state index in [-0.39, 0.29) is 0 Å². The largest absolute Gasteiger partial charge is 0.357 e. The van der Waals surface area contributed by atoms with Gasteiger partial charge in [0.05, 0.1) is 10.7 Å². The van der Waals surface area contributed by atoms with Gasteiger partial charge in [0, 0.05) is 50.2 Å². The Kier molecular flexibility index (Phi) is 8.01. The molecule has 3 fully saturated rings. The van der Waals surface area contributed by atoms with Crippen LogP contribution in [0.15, 0.2) is 10.4 Å². The Bertz CT molecular complexity index is 669. The predicted molar refractivity (Wildman–Crippen MR) is 126 cm³/mol. The second-order valence-electron chi connectivity index (χ2n) is 9.21. The maximum atomic E-state index is 4.97. The standard InChI is InChI=1S/C23H40N6S/c1-3-22-26-20(17-30-22)16-28-11-7-18(8-12-28)15-25-23(24-4-2)27-19-9-13-29(14-10-19)21-5-6-21/h17-19,21H,3-16H2,1-2H3,(H2,24,25,27). The first-order valence-corrected chi connectivity index (χ1v) is 13.1. The van der Waals surface area contributed by atoms with Crippen molar-refractivity contribution in [3.63, 3.8) is 0 Å². The van der Waals surface area contributed by atoms with Crippen molar-refractivity contribution in [1.82, 2.24) is 25.4 Å². The highest BCUT2D eigenvalue weighted by molar-refractivity contribution is 7.09. The lowest BCUT2D eigenvalue weighted by atomic mass is 9.97. The highest BCUT2D eigenvalue weighted by atomic mass is 32.1. The zero-order valence-electron chi connectivity index (χ0n) is 18.9. The topological polar surface area (TPSA) is 55.8 Å². The lowest BCUT2D eigenvalue weighted by Crippen LogP contribution is -2.49. The molecule has 1 saturated carbocycles. The summed E-state index contributed by atoms with van der Waals surface area (Å²) in [6, 6.07) is 1.48. The zero-order valence-corrected chi connectivity index (χ0v) is 19.7. The van der Waals surface area contributed by atoms with Crippen LogP contribution >= 0.6 is 11.3 Å². The molecular weight excluding hydrogens is 392 g/mol. The smallest absolute Gasteiger partial charge is 0.191 e. The van der Waals surface area contributed by atoms with Gasteiger partial charge in [-0.1, -0.05) is 6.92 Å². The molecule has 0 spiro atoms. The summed E-state index contributed by atoms with van der Waals surface area (Å²) in [5, 5.41) is 10.7. The van der Waals surface area contributed by atoms with Gasteiger partial charge in [0.2, 0.25) is 0 Å². The van der Waals surface area contributed by atoms with Crippen molar-refractivity contribution in [3.05, 3.63) is 16.1 Å². The Balaban J connectivity index is 1.18. The van der Waals surface area contributed by atoms with E-state index in [1.165, 1.54) is 75.4 Å². The number of piperidine rings is 2. The van der Waals surface area contributed by atoms with E-state index in [1.54, 1.807) is 11.3 Å². The molecule has 30 heavy (non-hydrogen) atoms. The molecule has 0 atom stereocenters. The van der Waals surface area contributed by atoms with Gasteiger partial charge < -0.3 is 15.5 Å². The number of likely N-dealkylation sites (tertiary alicyclic amines) is 2. The number of hydrogen-bond acceptors (Lipinski definition) is 5. The number of hydrogen-bond donors (Lipinski definition) is 2. The number of aliphatic imine (C=N–C) groups is 1. The second-order valence-corrected chi connectivity index (χ2v) is 10.2. The van der Waals surface area contributed by atoms with Crippen LogP contribution < -0.4 is 10.6 Å². The second kappa shape index (κ2) is 10.9. The van der Waals surface area contributed by atoms with Gasteiger partial charge >= 0.3 is 0 Å². The number of aromatic nitrogens is 1. The molecule has 3 heterocycles. The summed E-state index contributed by atoms with van der Waals surface area (Å²) in [4.78, 5) is 14.9. The summed E-state index contributed by atoms with van der Waals surface area (Å²) in [5.41, 5.74) is 1.25. The third kappa shape index (κ3) is 6.41. The lowest BCUT2D eigenvalue weighted by Gasteiger charge is -2.33. The van der Waals surface area contributed by atoms with E-state index in [2.05, 4.69) is 39.7 Å². The fourth-order valence-corrected chi connectivity index (χ4v) is 5.46. The normalized spacial score (nSPS) is 23.1. The first-order valence-electron chi connectivity index (χ1n) is 12.2. The lowest BCUT2D eigenvalue weighted by molar-refractivity contribution is 0.179. The minimum atomic E-state index is 0.575. The Morgan fingerprint density at radius 2 is 1.87 bits per heavy atom. The molecule has 3 aliphatic rings. The fourth-order valence-electron chi connectivity index (χ4n) is 4.72. The van der Waals surface area contributed by atoms with Crippen LogP contribution in [0.4, 0.5) is 0 Å². The highest BCUT2D eigenvalue weighted by Gasteiger charge is 2.32. The molecular formula is C23H40N6S. The molecule has 2 saturated heterocycles. The Morgan fingerprint density at radius 3 is 2.50 bits per heavy atom. The molecule has 1 aliphatic carbocycles. The molecule has 2 aliphatic heterocycles. The quantitative estimate of drug-likeness (QED) is 0.488. The van der Waals surface area contributed by atoms with Crippen LogP contribution in [0.3, 0.4) is 0 Å². The van der Waals surface area contributed by atoms with Crippen molar-refractivity contribution in [2.24, 2.45) is 10.9 Å². The molecule has 1 aromatic heterocycles. The first kappa shape index (κ1) is 22.0. The van der Waals surface area contributed by atoms with Crippen molar-refractivity contribution in [3.8, 4) is 0 Å². The number of rotatable bonds is 8. The average Bonchev–Trinajstić information content (AvgIpc) is 3.53. The molecule has 0 amide bonds. The molecule has 2 N–H and O–H groups in total. The van der Waals surface area contributed by atoms with E-state index in [9.17, 15) is 0 Å². The molecule has 1 aromatic rings. The van der Waals surface area contributed by atoms with Crippen LogP contribution in [0, 0.1) is 5.92 Å².